The fraction of sp³-hybridized carbons (Fsp3) is 0.167. The van der Waals surface area contributed by atoms with Gasteiger partial charge in [-0.15, -0.1) is 0 Å². The maximum absolute atomic E-state index is 12.3. The highest BCUT2D eigenvalue weighted by atomic mass is 35.5. The van der Waals surface area contributed by atoms with E-state index in [1.54, 1.807) is 12.1 Å². The molecule has 0 bridgehead atoms. The number of methoxy groups -OCH3 is 1. The van der Waals surface area contributed by atoms with E-state index in [1.807, 2.05) is 0 Å². The fourth-order valence-corrected chi connectivity index (χ4v) is 2.41. The minimum atomic E-state index is -1.19. The highest BCUT2D eigenvalue weighted by Crippen LogP contribution is 2.26. The number of benzene rings is 2. The summed E-state index contributed by atoms with van der Waals surface area (Å²) in [6.45, 7) is 0. The lowest BCUT2D eigenvalue weighted by atomic mass is 10.1. The summed E-state index contributed by atoms with van der Waals surface area (Å²) in [7, 11) is 1.42. The molecule has 0 fully saturated rings. The Bertz CT molecular complexity index is 865. The van der Waals surface area contributed by atoms with Crippen molar-refractivity contribution in [3.05, 3.63) is 52.5 Å². The maximum atomic E-state index is 12.3. The molecule has 0 heterocycles. The van der Waals surface area contributed by atoms with Crippen LogP contribution in [0.4, 0.5) is 5.69 Å². The molecule has 1 amide bonds. The number of carboxylic acid groups (broad SMARTS) is 1. The van der Waals surface area contributed by atoms with Gasteiger partial charge in [0.25, 0.3) is 0 Å². The largest absolute Gasteiger partial charge is 0.506 e. The number of rotatable bonds is 7. The molecule has 0 spiro atoms. The zero-order valence-corrected chi connectivity index (χ0v) is 14.5. The monoisotopic (exact) mass is 377 g/mol. The van der Waals surface area contributed by atoms with Crippen LogP contribution in [0.5, 0.6) is 11.5 Å². The van der Waals surface area contributed by atoms with Crippen LogP contribution in [-0.4, -0.2) is 35.0 Å². The first-order valence-electron chi connectivity index (χ1n) is 7.54. The molecule has 7 nitrogen and oxygen atoms in total. The van der Waals surface area contributed by atoms with Crippen molar-refractivity contribution in [3.63, 3.8) is 0 Å². The number of ether oxygens (including phenoxy) is 1. The highest BCUT2D eigenvalue weighted by Gasteiger charge is 2.16. The van der Waals surface area contributed by atoms with Crippen LogP contribution in [0, 0.1) is 0 Å². The molecule has 2 aromatic rings. The molecule has 8 heteroatoms. The van der Waals surface area contributed by atoms with Crippen molar-refractivity contribution in [2.24, 2.45) is 0 Å². The van der Waals surface area contributed by atoms with Gasteiger partial charge in [-0.25, -0.2) is 4.79 Å². The van der Waals surface area contributed by atoms with Crippen LogP contribution in [0.2, 0.25) is 5.02 Å². The van der Waals surface area contributed by atoms with E-state index < -0.39 is 11.9 Å². The number of hydrogen-bond donors (Lipinski definition) is 3. The van der Waals surface area contributed by atoms with E-state index in [1.165, 1.54) is 25.3 Å². The van der Waals surface area contributed by atoms with Crippen LogP contribution >= 0.6 is 11.6 Å². The third kappa shape index (κ3) is 4.73. The number of amides is 1. The molecule has 2 rings (SSSR count). The topological polar surface area (TPSA) is 113 Å². The molecule has 136 valence electrons. The van der Waals surface area contributed by atoms with Gasteiger partial charge in [0.05, 0.1) is 23.9 Å². The number of nitrogens with one attached hydrogen (secondary N) is 1. The Morgan fingerprint density at radius 3 is 2.50 bits per heavy atom. The van der Waals surface area contributed by atoms with E-state index >= 15 is 0 Å². The molecule has 0 aliphatic carbocycles. The first-order valence-corrected chi connectivity index (χ1v) is 7.92. The van der Waals surface area contributed by atoms with E-state index in [0.717, 1.165) is 6.07 Å². The number of aromatic carboxylic acids is 1. The average molecular weight is 378 g/mol. The summed E-state index contributed by atoms with van der Waals surface area (Å²) in [4.78, 5) is 35.3. The summed E-state index contributed by atoms with van der Waals surface area (Å²) in [5.41, 5.74) is 0.143. The Morgan fingerprint density at radius 2 is 1.85 bits per heavy atom. The van der Waals surface area contributed by atoms with Crippen molar-refractivity contribution in [2.75, 3.05) is 12.4 Å². The Hall–Kier alpha value is -3.06. The third-order valence-electron chi connectivity index (χ3n) is 3.56. The predicted octanol–water partition coefficient (Wildman–Crippen LogP) is 3.35. The summed E-state index contributed by atoms with van der Waals surface area (Å²) < 4.78 is 5.11. The number of halogens is 1. The summed E-state index contributed by atoms with van der Waals surface area (Å²) >= 11 is 5.88. The summed E-state index contributed by atoms with van der Waals surface area (Å²) in [5.74, 6) is -1.98. The fourth-order valence-electron chi connectivity index (χ4n) is 2.24. The van der Waals surface area contributed by atoms with E-state index in [0.29, 0.717) is 10.8 Å². The first kappa shape index (κ1) is 19.3. The summed E-state index contributed by atoms with van der Waals surface area (Å²) in [6, 6.07) is 8.12. The Kier molecular flexibility index (Phi) is 6.19. The molecule has 0 aliphatic heterocycles. The number of phenolic OH excluding ortho intramolecular Hbond substituents is 1. The van der Waals surface area contributed by atoms with Crippen LogP contribution < -0.4 is 10.1 Å². The van der Waals surface area contributed by atoms with Gasteiger partial charge in [0.1, 0.15) is 11.5 Å². The van der Waals surface area contributed by atoms with E-state index in [9.17, 15) is 19.5 Å². The smallest absolute Gasteiger partial charge is 0.335 e. The van der Waals surface area contributed by atoms with Crippen molar-refractivity contribution in [1.29, 1.82) is 0 Å². The molecule has 0 radical (unpaired) electrons. The SMILES string of the molecule is COc1ccc(Cl)cc1C(=O)CCC(=O)Nc1cc(C(=O)O)ccc1O. The van der Waals surface area contributed by atoms with Gasteiger partial charge in [0.15, 0.2) is 5.78 Å². The summed E-state index contributed by atoms with van der Waals surface area (Å²) in [5, 5.41) is 21.4. The zero-order chi connectivity index (χ0) is 19.3. The predicted molar refractivity (Wildman–Crippen MR) is 95.3 cm³/mol. The number of carbonyl (C=O) groups excluding carboxylic acids is 2. The standard InChI is InChI=1S/C18H16ClNO6/c1-26-16-6-3-11(19)9-12(16)14(21)5-7-17(23)20-13-8-10(18(24)25)2-4-15(13)22/h2-4,6,8-9,22H,5,7H2,1H3,(H,20,23)(H,24,25). The van der Waals surface area contributed by atoms with Gasteiger partial charge in [-0.1, -0.05) is 11.6 Å². The molecule has 0 aliphatic rings. The lowest BCUT2D eigenvalue weighted by Crippen LogP contribution is -2.14. The number of aromatic hydroxyl groups is 1. The van der Waals surface area contributed by atoms with Crippen molar-refractivity contribution >= 4 is 34.9 Å². The normalized spacial score (nSPS) is 10.2. The molecule has 0 atom stereocenters. The molecule has 2 aromatic carbocycles. The summed E-state index contributed by atoms with van der Waals surface area (Å²) in [6.07, 6.45) is -0.271. The Morgan fingerprint density at radius 1 is 1.12 bits per heavy atom. The van der Waals surface area contributed by atoms with E-state index in [-0.39, 0.29) is 41.2 Å². The lowest BCUT2D eigenvalue weighted by Gasteiger charge is -2.10. The quantitative estimate of drug-likeness (QED) is 0.503. The number of anilines is 1. The van der Waals surface area contributed by atoms with E-state index in [4.69, 9.17) is 21.4 Å². The second kappa shape index (κ2) is 8.35. The maximum Gasteiger partial charge on any atom is 0.335 e. The van der Waals surface area contributed by atoms with Crippen molar-refractivity contribution in [3.8, 4) is 11.5 Å². The van der Waals surface area contributed by atoms with Gasteiger partial charge in [0, 0.05) is 17.9 Å². The molecule has 0 unspecified atom stereocenters. The van der Waals surface area contributed by atoms with Crippen molar-refractivity contribution in [2.45, 2.75) is 12.8 Å². The van der Waals surface area contributed by atoms with Crippen LogP contribution in [0.3, 0.4) is 0 Å². The van der Waals surface area contributed by atoms with Crippen LogP contribution in [0.1, 0.15) is 33.6 Å². The van der Waals surface area contributed by atoms with Gasteiger partial charge in [-0.3, -0.25) is 9.59 Å². The Labute approximate surface area is 154 Å². The van der Waals surface area contributed by atoms with Crippen molar-refractivity contribution in [1.82, 2.24) is 0 Å². The number of carbonyl (C=O) groups is 3. The zero-order valence-electron chi connectivity index (χ0n) is 13.8. The van der Waals surface area contributed by atoms with Gasteiger partial charge < -0.3 is 20.3 Å². The molecule has 0 saturated carbocycles. The lowest BCUT2D eigenvalue weighted by molar-refractivity contribution is -0.116. The molecule has 3 N–H and O–H groups in total. The minimum Gasteiger partial charge on any atom is -0.506 e. The van der Waals surface area contributed by atoms with Gasteiger partial charge in [-0.05, 0) is 36.4 Å². The van der Waals surface area contributed by atoms with E-state index in [2.05, 4.69) is 5.32 Å². The third-order valence-corrected chi connectivity index (χ3v) is 3.79. The van der Waals surface area contributed by atoms with Gasteiger partial charge in [0.2, 0.25) is 5.91 Å². The minimum absolute atomic E-state index is 0.0392. The molecule has 26 heavy (non-hydrogen) atoms. The van der Waals surface area contributed by atoms with Gasteiger partial charge in [-0.2, -0.15) is 0 Å². The Balaban J connectivity index is 2.03. The number of Topliss-reactive ketones (excluding diaryl/α,β-unsaturated/α-hetero) is 1. The molecular formula is C18H16ClNO6. The van der Waals surface area contributed by atoms with Gasteiger partial charge >= 0.3 is 5.97 Å². The highest BCUT2D eigenvalue weighted by molar-refractivity contribution is 6.31. The molecule has 0 aromatic heterocycles. The number of phenols is 1. The molecule has 0 saturated heterocycles. The first-order chi connectivity index (χ1) is 12.3. The number of ketones is 1. The van der Waals surface area contributed by atoms with Crippen LogP contribution in [-0.2, 0) is 4.79 Å². The number of carboxylic acids is 1. The second-order valence-corrected chi connectivity index (χ2v) is 5.79. The number of hydrogen-bond acceptors (Lipinski definition) is 5. The second-order valence-electron chi connectivity index (χ2n) is 5.35. The average Bonchev–Trinajstić information content (AvgIpc) is 2.61. The van der Waals surface area contributed by atoms with Crippen molar-refractivity contribution < 1.29 is 29.3 Å². The van der Waals surface area contributed by atoms with Crippen LogP contribution in [0.15, 0.2) is 36.4 Å². The van der Waals surface area contributed by atoms with Crippen LogP contribution in [0.25, 0.3) is 0 Å². The molecular weight excluding hydrogens is 362 g/mol.